The number of hydrogen-bond donors (Lipinski definition) is 0. The van der Waals surface area contributed by atoms with Gasteiger partial charge in [0.1, 0.15) is 17.5 Å². The van der Waals surface area contributed by atoms with Gasteiger partial charge in [0.05, 0.1) is 17.1 Å². The van der Waals surface area contributed by atoms with Crippen LogP contribution in [0.15, 0.2) is 58.3 Å². The fourth-order valence-electron chi connectivity index (χ4n) is 5.20. The van der Waals surface area contributed by atoms with E-state index in [-0.39, 0.29) is 16.7 Å². The lowest BCUT2D eigenvalue weighted by Crippen LogP contribution is -2.60. The molecule has 2 aromatic heterocycles. The molecule has 1 atom stereocenters. The Morgan fingerprint density at radius 2 is 1.86 bits per heavy atom. The van der Waals surface area contributed by atoms with Crippen molar-refractivity contribution in [2.24, 2.45) is 0 Å². The summed E-state index contributed by atoms with van der Waals surface area (Å²) in [6.45, 7) is 7.00. The molecule has 0 bridgehead atoms. The molecule has 5 rings (SSSR count). The molecule has 2 aliphatic heterocycles. The Bertz CT molecular complexity index is 1390. The average Bonchev–Trinajstić information content (AvgIpc) is 3.58. The topological polar surface area (TPSA) is 109 Å². The van der Waals surface area contributed by atoms with Crippen LogP contribution in [0.4, 0.5) is 0 Å². The van der Waals surface area contributed by atoms with Gasteiger partial charge in [-0.1, -0.05) is 31.1 Å². The lowest BCUT2D eigenvalue weighted by atomic mass is 9.93. The highest BCUT2D eigenvalue weighted by atomic mass is 32.2. The van der Waals surface area contributed by atoms with E-state index < -0.39 is 15.7 Å². The van der Waals surface area contributed by atoms with Crippen LogP contribution < -0.4 is 0 Å². The zero-order valence-corrected chi connectivity index (χ0v) is 20.7. The number of aromatic nitrogens is 2. The number of carbonyl (C=O) groups is 2. The standard InChI is InChI=1S/C24H27N5O5S/c1-4-27(5-2)35(32,33)19-10-8-18(9-11-19)24-16-26-12-6-7-21(26)23(31)29(24)14-13-28(24)22(30)20-15-34-25-17(20)3/h6-12,15H,4-5,13-14,16H2,1-3H3. The van der Waals surface area contributed by atoms with E-state index in [0.717, 1.165) is 0 Å². The Balaban J connectivity index is 1.64. The summed E-state index contributed by atoms with van der Waals surface area (Å²) < 4.78 is 34.3. The molecule has 0 saturated carbocycles. The van der Waals surface area contributed by atoms with Gasteiger partial charge >= 0.3 is 0 Å². The lowest BCUT2D eigenvalue weighted by molar-refractivity contribution is -0.00600. The highest BCUT2D eigenvalue weighted by Gasteiger charge is 2.56. The molecule has 1 unspecified atom stereocenters. The van der Waals surface area contributed by atoms with Crippen molar-refractivity contribution >= 4 is 21.8 Å². The van der Waals surface area contributed by atoms with E-state index in [1.54, 1.807) is 67.0 Å². The zero-order valence-electron chi connectivity index (χ0n) is 19.8. The predicted octanol–water partition coefficient (Wildman–Crippen LogP) is 2.28. The molecule has 184 valence electrons. The summed E-state index contributed by atoms with van der Waals surface area (Å²) in [6, 6.07) is 10.1. The van der Waals surface area contributed by atoms with E-state index in [1.807, 2.05) is 10.8 Å². The quantitative estimate of drug-likeness (QED) is 0.517. The van der Waals surface area contributed by atoms with Crippen molar-refractivity contribution in [3.8, 4) is 0 Å². The fourth-order valence-corrected chi connectivity index (χ4v) is 6.66. The number of aryl methyl sites for hydroxylation is 1. The third-order valence-corrected chi connectivity index (χ3v) is 9.07. The van der Waals surface area contributed by atoms with Crippen LogP contribution in [0.25, 0.3) is 0 Å². The number of fused-ring (bicyclic) bond motifs is 2. The van der Waals surface area contributed by atoms with Gasteiger partial charge < -0.3 is 18.9 Å². The van der Waals surface area contributed by atoms with E-state index in [0.29, 0.717) is 55.2 Å². The molecule has 0 radical (unpaired) electrons. The number of hydrogen-bond acceptors (Lipinski definition) is 6. The molecule has 2 amide bonds. The van der Waals surface area contributed by atoms with Gasteiger partial charge in [-0.2, -0.15) is 4.31 Å². The zero-order chi connectivity index (χ0) is 25.0. The second-order valence-electron chi connectivity index (χ2n) is 8.68. The number of sulfonamides is 1. The first-order valence-electron chi connectivity index (χ1n) is 11.6. The van der Waals surface area contributed by atoms with E-state index >= 15 is 0 Å². The van der Waals surface area contributed by atoms with Gasteiger partial charge in [0.2, 0.25) is 10.0 Å². The fraction of sp³-hybridized carbons (Fsp3) is 0.375. The Kier molecular flexibility index (Phi) is 5.56. The third kappa shape index (κ3) is 3.33. The van der Waals surface area contributed by atoms with Crippen molar-refractivity contribution in [3.05, 3.63) is 71.4 Å². The van der Waals surface area contributed by atoms with Gasteiger partial charge in [0, 0.05) is 37.9 Å². The summed E-state index contributed by atoms with van der Waals surface area (Å²) in [6.07, 6.45) is 3.14. The molecule has 35 heavy (non-hydrogen) atoms. The van der Waals surface area contributed by atoms with E-state index in [1.165, 1.54) is 10.6 Å². The molecule has 2 aliphatic rings. The second kappa shape index (κ2) is 8.35. The molecule has 11 heteroatoms. The number of amides is 2. The van der Waals surface area contributed by atoms with Gasteiger partial charge in [-0.15, -0.1) is 0 Å². The Labute approximate surface area is 203 Å². The molecule has 10 nitrogen and oxygen atoms in total. The van der Waals surface area contributed by atoms with Crippen LogP contribution in [-0.2, 0) is 22.2 Å². The number of carbonyl (C=O) groups excluding carboxylic acids is 2. The summed E-state index contributed by atoms with van der Waals surface area (Å²) in [5.41, 5.74) is 0.882. The summed E-state index contributed by atoms with van der Waals surface area (Å²) >= 11 is 0. The minimum absolute atomic E-state index is 0.169. The highest BCUT2D eigenvalue weighted by Crippen LogP contribution is 2.44. The number of benzene rings is 1. The van der Waals surface area contributed by atoms with Gasteiger partial charge in [-0.3, -0.25) is 9.59 Å². The molecule has 1 saturated heterocycles. The SMILES string of the molecule is CCN(CC)S(=O)(=O)c1ccc(C23Cn4cccc4C(=O)N2CCN3C(=O)c2conc2C)cc1. The van der Waals surface area contributed by atoms with Crippen LogP contribution in [0, 0.1) is 6.92 Å². The minimum Gasteiger partial charge on any atom is -0.364 e. The third-order valence-electron chi connectivity index (χ3n) is 7.01. The van der Waals surface area contributed by atoms with Crippen LogP contribution in [0.3, 0.4) is 0 Å². The van der Waals surface area contributed by atoms with Crippen LogP contribution in [0.5, 0.6) is 0 Å². The van der Waals surface area contributed by atoms with Crippen LogP contribution in [0.1, 0.15) is 46.0 Å². The van der Waals surface area contributed by atoms with E-state index in [4.69, 9.17) is 4.52 Å². The van der Waals surface area contributed by atoms with Crippen molar-refractivity contribution < 1.29 is 22.5 Å². The Hall–Kier alpha value is -3.44. The van der Waals surface area contributed by atoms with Crippen molar-refractivity contribution in [2.75, 3.05) is 26.2 Å². The van der Waals surface area contributed by atoms with Gasteiger partial charge in [0.25, 0.3) is 11.8 Å². The van der Waals surface area contributed by atoms with Crippen LogP contribution in [0.2, 0.25) is 0 Å². The first-order chi connectivity index (χ1) is 16.8. The molecule has 1 fully saturated rings. The lowest BCUT2D eigenvalue weighted by Gasteiger charge is -2.47. The molecular formula is C24H27N5O5S. The molecule has 4 heterocycles. The second-order valence-corrected chi connectivity index (χ2v) is 10.6. The molecule has 3 aromatic rings. The normalized spacial score (nSPS) is 19.8. The largest absolute Gasteiger partial charge is 0.364 e. The predicted molar refractivity (Wildman–Crippen MR) is 126 cm³/mol. The molecule has 1 aromatic carbocycles. The molecule has 0 aliphatic carbocycles. The molecule has 0 spiro atoms. The first-order valence-corrected chi connectivity index (χ1v) is 13.0. The Morgan fingerprint density at radius 1 is 1.14 bits per heavy atom. The van der Waals surface area contributed by atoms with Crippen LogP contribution in [-0.4, -0.2) is 70.2 Å². The molecule has 0 N–H and O–H groups in total. The summed E-state index contributed by atoms with van der Waals surface area (Å²) in [5.74, 6) is -0.479. The van der Waals surface area contributed by atoms with Crippen molar-refractivity contribution in [1.29, 1.82) is 0 Å². The Morgan fingerprint density at radius 3 is 2.49 bits per heavy atom. The number of nitrogens with zero attached hydrogens (tertiary/aromatic N) is 5. The van der Waals surface area contributed by atoms with Crippen molar-refractivity contribution in [2.45, 2.75) is 37.9 Å². The van der Waals surface area contributed by atoms with Gasteiger partial charge in [-0.05, 0) is 31.2 Å². The van der Waals surface area contributed by atoms with Gasteiger partial charge in [0.15, 0.2) is 5.66 Å². The van der Waals surface area contributed by atoms with E-state index in [2.05, 4.69) is 5.16 Å². The highest BCUT2D eigenvalue weighted by molar-refractivity contribution is 7.89. The van der Waals surface area contributed by atoms with Crippen molar-refractivity contribution in [1.82, 2.24) is 23.8 Å². The van der Waals surface area contributed by atoms with Gasteiger partial charge in [-0.25, -0.2) is 8.42 Å². The summed E-state index contributed by atoms with van der Waals surface area (Å²) in [7, 11) is -3.65. The summed E-state index contributed by atoms with van der Waals surface area (Å²) in [5, 5.41) is 3.84. The van der Waals surface area contributed by atoms with Crippen molar-refractivity contribution in [3.63, 3.8) is 0 Å². The first kappa shape index (κ1) is 23.3. The number of rotatable bonds is 6. The average molecular weight is 498 g/mol. The maximum atomic E-state index is 13.7. The monoisotopic (exact) mass is 497 g/mol. The molecular weight excluding hydrogens is 470 g/mol. The maximum Gasteiger partial charge on any atom is 0.272 e. The minimum atomic E-state index is -3.65. The smallest absolute Gasteiger partial charge is 0.272 e. The van der Waals surface area contributed by atoms with Crippen LogP contribution >= 0.6 is 0 Å². The maximum absolute atomic E-state index is 13.7. The summed E-state index contributed by atoms with van der Waals surface area (Å²) in [4.78, 5) is 30.7. The van der Waals surface area contributed by atoms with E-state index in [9.17, 15) is 18.0 Å².